The molecule has 3 atom stereocenters. The van der Waals surface area contributed by atoms with Gasteiger partial charge in [-0.15, -0.1) is 0 Å². The molecule has 0 aromatic heterocycles. The van der Waals surface area contributed by atoms with Gasteiger partial charge in [-0.1, -0.05) is 32.6 Å². The number of fused-ring (bicyclic) bond motifs is 1. The van der Waals surface area contributed by atoms with Crippen molar-refractivity contribution in [2.75, 3.05) is 6.54 Å². The summed E-state index contributed by atoms with van der Waals surface area (Å²) >= 11 is 0. The molecule has 3 heteroatoms. The van der Waals surface area contributed by atoms with Crippen molar-refractivity contribution in [3.05, 3.63) is 0 Å². The summed E-state index contributed by atoms with van der Waals surface area (Å²) in [5.74, 6) is 1.76. The van der Waals surface area contributed by atoms with E-state index in [2.05, 4.69) is 17.6 Å². The summed E-state index contributed by atoms with van der Waals surface area (Å²) in [7, 11) is 0. The Balaban J connectivity index is 1.83. The summed E-state index contributed by atoms with van der Waals surface area (Å²) in [6, 6.07) is 0. The molecule has 1 amide bonds. The summed E-state index contributed by atoms with van der Waals surface area (Å²) in [6.45, 7) is 3.20. The lowest BCUT2D eigenvalue weighted by molar-refractivity contribution is -0.123. The maximum absolute atomic E-state index is 11.8. The first kappa shape index (κ1) is 12.9. The standard InChI is InChI=1S/C14H26N2O/c1-2-3-8-13(17)16-14-12-7-5-4-6-11(12)9-10-15-14/h11-12,14-15H,2-10H2,1H3,(H,16,17). The van der Waals surface area contributed by atoms with Crippen LogP contribution in [0.3, 0.4) is 0 Å². The van der Waals surface area contributed by atoms with E-state index in [1.807, 2.05) is 0 Å². The normalized spacial score (nSPS) is 32.9. The van der Waals surface area contributed by atoms with E-state index < -0.39 is 0 Å². The molecule has 1 heterocycles. The van der Waals surface area contributed by atoms with Crippen molar-refractivity contribution in [1.82, 2.24) is 10.6 Å². The van der Waals surface area contributed by atoms with E-state index in [9.17, 15) is 4.79 Å². The van der Waals surface area contributed by atoms with Crippen molar-refractivity contribution in [2.45, 2.75) is 64.5 Å². The van der Waals surface area contributed by atoms with Crippen LogP contribution in [-0.4, -0.2) is 18.6 Å². The van der Waals surface area contributed by atoms with Gasteiger partial charge in [-0.3, -0.25) is 10.1 Å². The molecule has 3 nitrogen and oxygen atoms in total. The molecule has 1 saturated heterocycles. The maximum Gasteiger partial charge on any atom is 0.221 e. The Labute approximate surface area is 105 Å². The molecule has 2 fully saturated rings. The van der Waals surface area contributed by atoms with Crippen LogP contribution in [0.5, 0.6) is 0 Å². The maximum atomic E-state index is 11.8. The Morgan fingerprint density at radius 3 is 2.94 bits per heavy atom. The Morgan fingerprint density at radius 2 is 2.12 bits per heavy atom. The molecule has 98 valence electrons. The molecule has 2 rings (SSSR count). The fraction of sp³-hybridized carbons (Fsp3) is 0.929. The van der Waals surface area contributed by atoms with Gasteiger partial charge in [-0.25, -0.2) is 0 Å². The van der Waals surface area contributed by atoms with Gasteiger partial charge in [0.25, 0.3) is 0 Å². The van der Waals surface area contributed by atoms with Crippen molar-refractivity contribution in [3.63, 3.8) is 0 Å². The summed E-state index contributed by atoms with van der Waals surface area (Å²) in [5, 5.41) is 6.70. The quantitative estimate of drug-likeness (QED) is 0.789. The molecular weight excluding hydrogens is 212 g/mol. The van der Waals surface area contributed by atoms with E-state index in [-0.39, 0.29) is 12.1 Å². The second kappa shape index (κ2) is 6.39. The lowest BCUT2D eigenvalue weighted by Crippen LogP contribution is -2.56. The van der Waals surface area contributed by atoms with Gasteiger partial charge in [-0.05, 0) is 37.6 Å². The molecule has 1 aliphatic heterocycles. The summed E-state index contributed by atoms with van der Waals surface area (Å²) < 4.78 is 0. The van der Waals surface area contributed by atoms with Gasteiger partial charge >= 0.3 is 0 Å². The SMILES string of the molecule is CCCCC(=O)NC1NCCC2CCCCC21. The number of rotatable bonds is 4. The summed E-state index contributed by atoms with van der Waals surface area (Å²) in [5.41, 5.74) is 0. The van der Waals surface area contributed by atoms with Gasteiger partial charge in [0, 0.05) is 6.42 Å². The summed E-state index contributed by atoms with van der Waals surface area (Å²) in [4.78, 5) is 11.8. The fourth-order valence-electron chi connectivity index (χ4n) is 3.35. The van der Waals surface area contributed by atoms with E-state index in [1.165, 1.54) is 32.1 Å². The van der Waals surface area contributed by atoms with E-state index in [0.29, 0.717) is 12.3 Å². The van der Waals surface area contributed by atoms with Crippen LogP contribution < -0.4 is 10.6 Å². The summed E-state index contributed by atoms with van der Waals surface area (Å²) in [6.07, 6.45) is 9.71. The molecule has 2 N–H and O–H groups in total. The molecule has 1 saturated carbocycles. The smallest absolute Gasteiger partial charge is 0.221 e. The molecule has 17 heavy (non-hydrogen) atoms. The molecule has 1 aliphatic carbocycles. The van der Waals surface area contributed by atoms with Gasteiger partial charge in [-0.2, -0.15) is 0 Å². The van der Waals surface area contributed by atoms with Crippen LogP contribution in [0.1, 0.15) is 58.3 Å². The van der Waals surface area contributed by atoms with Crippen LogP contribution in [0.25, 0.3) is 0 Å². The van der Waals surface area contributed by atoms with Crippen LogP contribution in [-0.2, 0) is 4.79 Å². The zero-order chi connectivity index (χ0) is 12.1. The average molecular weight is 238 g/mol. The number of nitrogens with one attached hydrogen (secondary N) is 2. The van der Waals surface area contributed by atoms with Crippen LogP contribution in [0.2, 0.25) is 0 Å². The second-order valence-corrected chi connectivity index (χ2v) is 5.60. The lowest BCUT2D eigenvalue weighted by Gasteiger charge is -2.42. The number of amides is 1. The molecule has 2 aliphatic rings. The molecule has 3 unspecified atom stereocenters. The van der Waals surface area contributed by atoms with Crippen molar-refractivity contribution in [2.24, 2.45) is 11.8 Å². The van der Waals surface area contributed by atoms with Crippen molar-refractivity contribution in [3.8, 4) is 0 Å². The highest BCUT2D eigenvalue weighted by Gasteiger charge is 2.35. The minimum atomic E-state index is 0.232. The highest BCUT2D eigenvalue weighted by atomic mass is 16.1. The van der Waals surface area contributed by atoms with Gasteiger partial charge in [0.05, 0.1) is 6.17 Å². The second-order valence-electron chi connectivity index (χ2n) is 5.60. The Morgan fingerprint density at radius 1 is 1.29 bits per heavy atom. The highest BCUT2D eigenvalue weighted by molar-refractivity contribution is 5.76. The Hall–Kier alpha value is -0.570. The van der Waals surface area contributed by atoms with Gasteiger partial charge < -0.3 is 5.32 Å². The number of carbonyl (C=O) groups excluding carboxylic acids is 1. The zero-order valence-electron chi connectivity index (χ0n) is 11.0. The van der Waals surface area contributed by atoms with Crippen LogP contribution >= 0.6 is 0 Å². The average Bonchev–Trinajstić information content (AvgIpc) is 2.37. The molecular formula is C14H26N2O. The first-order chi connectivity index (χ1) is 8.31. The molecule has 0 radical (unpaired) electrons. The van der Waals surface area contributed by atoms with Crippen molar-refractivity contribution < 1.29 is 4.79 Å². The molecule has 0 aromatic carbocycles. The van der Waals surface area contributed by atoms with E-state index >= 15 is 0 Å². The lowest BCUT2D eigenvalue weighted by atomic mass is 9.74. The predicted molar refractivity (Wildman–Crippen MR) is 69.5 cm³/mol. The monoisotopic (exact) mass is 238 g/mol. The first-order valence-corrected chi connectivity index (χ1v) is 7.34. The predicted octanol–water partition coefficient (Wildman–Crippen LogP) is 2.42. The molecule has 0 spiro atoms. The number of piperidine rings is 1. The Kier molecular flexibility index (Phi) is 4.84. The molecule has 0 aromatic rings. The third-order valence-corrected chi connectivity index (χ3v) is 4.35. The van der Waals surface area contributed by atoms with Crippen LogP contribution in [0, 0.1) is 11.8 Å². The third kappa shape index (κ3) is 3.44. The van der Waals surface area contributed by atoms with Crippen LogP contribution in [0.4, 0.5) is 0 Å². The highest BCUT2D eigenvalue weighted by Crippen LogP contribution is 2.35. The topological polar surface area (TPSA) is 41.1 Å². The largest absolute Gasteiger partial charge is 0.340 e. The third-order valence-electron chi connectivity index (χ3n) is 4.35. The molecule has 0 bridgehead atoms. The van der Waals surface area contributed by atoms with Gasteiger partial charge in [0.2, 0.25) is 5.91 Å². The van der Waals surface area contributed by atoms with Crippen LogP contribution in [0.15, 0.2) is 0 Å². The first-order valence-electron chi connectivity index (χ1n) is 7.34. The Bertz CT molecular complexity index is 253. The number of unbranched alkanes of at least 4 members (excludes halogenated alkanes) is 1. The van der Waals surface area contributed by atoms with Crippen molar-refractivity contribution >= 4 is 5.91 Å². The minimum Gasteiger partial charge on any atom is -0.340 e. The minimum absolute atomic E-state index is 0.232. The van der Waals surface area contributed by atoms with E-state index in [1.54, 1.807) is 0 Å². The van der Waals surface area contributed by atoms with Gasteiger partial charge in [0.15, 0.2) is 0 Å². The van der Waals surface area contributed by atoms with Crippen molar-refractivity contribution in [1.29, 1.82) is 0 Å². The van der Waals surface area contributed by atoms with E-state index in [4.69, 9.17) is 0 Å². The zero-order valence-corrected chi connectivity index (χ0v) is 11.0. The number of hydrogen-bond donors (Lipinski definition) is 2. The number of hydrogen-bond acceptors (Lipinski definition) is 2. The van der Waals surface area contributed by atoms with E-state index in [0.717, 1.165) is 25.3 Å². The number of carbonyl (C=O) groups is 1. The fourth-order valence-corrected chi connectivity index (χ4v) is 3.35. The van der Waals surface area contributed by atoms with Gasteiger partial charge in [0.1, 0.15) is 0 Å².